The van der Waals surface area contributed by atoms with Crippen LogP contribution in [0.3, 0.4) is 0 Å². The lowest BCUT2D eigenvalue weighted by Crippen LogP contribution is -2.51. The number of hydrogen-bond acceptors (Lipinski definition) is 10. The first kappa shape index (κ1) is 61.7. The highest BCUT2D eigenvalue weighted by molar-refractivity contribution is 6.34. The van der Waals surface area contributed by atoms with Gasteiger partial charge in [0, 0.05) is 49.7 Å². The van der Waals surface area contributed by atoms with Gasteiger partial charge in [-0.2, -0.15) is 95.9 Å². The maximum absolute atomic E-state index is 14.8. The van der Waals surface area contributed by atoms with Crippen molar-refractivity contribution in [3.8, 4) is 51.5 Å². The second-order valence-electron chi connectivity index (χ2n) is 17.6. The molecule has 4 heterocycles. The smallest absolute Gasteiger partial charge is 0.437 e. The lowest BCUT2D eigenvalue weighted by molar-refractivity contribution is -0.351. The number of amides is 3. The van der Waals surface area contributed by atoms with Gasteiger partial charge in [0.15, 0.2) is 34.5 Å². The Balaban J connectivity index is 0.000000236. The van der Waals surface area contributed by atoms with E-state index >= 15 is 0 Å². The van der Waals surface area contributed by atoms with Crippen molar-refractivity contribution >= 4 is 41.1 Å². The van der Waals surface area contributed by atoms with Gasteiger partial charge >= 0.3 is 55.4 Å². The highest BCUT2D eigenvalue weighted by atomic mass is 35.5. The predicted octanol–water partition coefficient (Wildman–Crippen LogP) is 12.0. The lowest BCUT2D eigenvalue weighted by atomic mass is 9.99. The number of carbonyl (C=O) groups is 3. The molecule has 0 saturated heterocycles. The number of carboxylic acid groups (broad SMARTS) is 1. The van der Waals surface area contributed by atoms with Gasteiger partial charge in [0.05, 0.1) is 39.6 Å². The van der Waals surface area contributed by atoms with Crippen molar-refractivity contribution in [2.45, 2.75) is 87.0 Å². The molecule has 2 aliphatic carbocycles. The van der Waals surface area contributed by atoms with E-state index in [1.54, 1.807) is 0 Å². The van der Waals surface area contributed by atoms with Gasteiger partial charge in [-0.3, -0.25) is 9.59 Å². The first-order valence-electron chi connectivity index (χ1n) is 22.5. The number of imide groups is 1. The summed E-state index contributed by atoms with van der Waals surface area (Å²) in [6, 6.07) is 8.91. The van der Waals surface area contributed by atoms with Crippen LogP contribution >= 0.6 is 23.2 Å². The van der Waals surface area contributed by atoms with E-state index in [1.165, 1.54) is 35.2 Å². The van der Waals surface area contributed by atoms with Crippen molar-refractivity contribution < 1.29 is 108 Å². The van der Waals surface area contributed by atoms with Gasteiger partial charge < -0.3 is 19.5 Å². The van der Waals surface area contributed by atoms with Crippen LogP contribution in [0.15, 0.2) is 61.2 Å². The van der Waals surface area contributed by atoms with Crippen LogP contribution in [0.25, 0.3) is 33.9 Å². The Kier molecular flexibility index (Phi) is 16.6. The number of carbonyl (C=O) groups excluding carboxylic acids is 2. The van der Waals surface area contributed by atoms with Crippen molar-refractivity contribution in [3.63, 3.8) is 0 Å². The van der Waals surface area contributed by atoms with E-state index < -0.39 is 108 Å². The molecule has 0 spiro atoms. The van der Waals surface area contributed by atoms with E-state index in [0.29, 0.717) is 39.9 Å². The van der Waals surface area contributed by atoms with E-state index in [-0.39, 0.29) is 65.4 Å². The molecule has 0 aliphatic heterocycles. The Hall–Kier alpha value is -7.90. The Morgan fingerprint density at radius 1 is 0.634 bits per heavy atom. The molecule has 3 amide bonds. The normalized spacial score (nSPS) is 14.4. The number of benzene rings is 2. The minimum atomic E-state index is -6.68. The summed E-state index contributed by atoms with van der Waals surface area (Å²) in [4.78, 5) is 39.4. The molecule has 37 heteroatoms. The molecule has 2 aliphatic rings. The average Bonchev–Trinajstić information content (AvgIpc) is 4.31. The van der Waals surface area contributed by atoms with Crippen molar-refractivity contribution in [2.24, 2.45) is 14.1 Å². The number of alkyl halides is 18. The molecule has 0 unspecified atom stereocenters. The Morgan fingerprint density at radius 3 is 1.32 bits per heavy atom. The molecule has 0 atom stereocenters. The number of aryl methyl sites for hydroxylation is 2. The molecule has 0 bridgehead atoms. The van der Waals surface area contributed by atoms with Crippen LogP contribution in [0.1, 0.15) is 57.8 Å². The van der Waals surface area contributed by atoms with Crippen molar-refractivity contribution in [1.82, 2.24) is 48.9 Å². The number of rotatable bonds is 15. The van der Waals surface area contributed by atoms with E-state index in [9.17, 15) is 98.5 Å². The van der Waals surface area contributed by atoms with Crippen LogP contribution in [-0.2, 0) is 25.4 Å². The first-order chi connectivity index (χ1) is 37.9. The largest absolute Gasteiger partial charge is 0.465 e. The van der Waals surface area contributed by atoms with Crippen molar-refractivity contribution in [3.05, 3.63) is 93.7 Å². The van der Waals surface area contributed by atoms with Gasteiger partial charge in [0.25, 0.3) is 11.8 Å². The molecule has 1 N–H and O–H groups in total. The zero-order valence-corrected chi connectivity index (χ0v) is 42.1. The van der Waals surface area contributed by atoms with Gasteiger partial charge in [-0.25, -0.2) is 37.2 Å². The van der Waals surface area contributed by atoms with Crippen LogP contribution in [0.4, 0.5) is 83.8 Å². The number of nitrogens with zero attached hydrogens (tertiary/aromatic N) is 11. The molecule has 0 radical (unpaired) electrons. The van der Waals surface area contributed by atoms with Crippen LogP contribution in [0, 0.1) is 11.3 Å². The Morgan fingerprint density at radius 2 is 1.00 bits per heavy atom. The fraction of sp³-hybridized carbons (Fsp3) is 0.378. The number of ether oxygens (including phenoxy) is 2. The summed E-state index contributed by atoms with van der Waals surface area (Å²) in [5.41, 5.74) is -17.2. The summed E-state index contributed by atoms with van der Waals surface area (Å²) in [6.45, 7) is -8.17. The zero-order valence-electron chi connectivity index (χ0n) is 40.6. The second kappa shape index (κ2) is 22.1. The lowest BCUT2D eigenvalue weighted by Gasteiger charge is -2.28. The molecular weight excluding hydrogens is 1200 g/mol. The molecule has 6 aromatic rings. The van der Waals surface area contributed by atoms with Gasteiger partial charge in [0.1, 0.15) is 6.54 Å². The summed E-state index contributed by atoms with van der Waals surface area (Å²) in [7, 11) is 1.51. The van der Waals surface area contributed by atoms with E-state index in [4.69, 9.17) is 28.5 Å². The first-order valence-corrected chi connectivity index (χ1v) is 23.3. The molecule has 17 nitrogen and oxygen atoms in total. The minimum Gasteiger partial charge on any atom is -0.465 e. The van der Waals surface area contributed by atoms with E-state index in [1.807, 2.05) is 6.07 Å². The molecule has 2 fully saturated rings. The second-order valence-corrected chi connectivity index (χ2v) is 18.4. The maximum Gasteiger partial charge on any atom is 0.437 e. The van der Waals surface area contributed by atoms with Crippen LogP contribution in [-0.4, -0.2) is 128 Å². The number of nitriles is 1. The van der Waals surface area contributed by atoms with Crippen molar-refractivity contribution in [2.75, 3.05) is 6.54 Å². The number of aromatic nitrogens is 8. The monoisotopic (exact) mass is 1230 g/mol. The number of hydrogen-bond donors (Lipinski definition) is 1. The molecule has 8 rings (SSSR count). The standard InChI is InChI=1S/C23H16ClF9N6O2.C22H15ClF9N5O4/c1-37-18(16(41-20(25)26)17(36-37)21(27,22(28,29)30)23(31,32)33)39-10-12(9-35-39)11-2-5-15(24)14(8-11)19(40)38(7-6-34)13-3-4-13;1-35-16(14(41-18(24)25)15(34-35)20(26,21(27,28)29)22(30,31)32)36-8-10(7-33-36)9-2-5-13(23)12(6-9)17(38)37(19(39)40)11-3-4-11/h2,5,8-10,13,20H,3-4,7H2,1H3;2,5-8,11,18H,3-4H2,1H3,(H,39,40). The third kappa shape index (κ3) is 11.6. The summed E-state index contributed by atoms with van der Waals surface area (Å²) in [6.07, 6.45) is -22.0. The summed E-state index contributed by atoms with van der Waals surface area (Å²) < 4.78 is 252. The maximum atomic E-state index is 14.8. The Labute approximate surface area is 455 Å². The third-order valence-electron chi connectivity index (χ3n) is 12.1. The topological polar surface area (TPSA) is 191 Å². The quantitative estimate of drug-likeness (QED) is 0.0760. The van der Waals surface area contributed by atoms with Gasteiger partial charge in [-0.05, 0) is 61.1 Å². The van der Waals surface area contributed by atoms with Gasteiger partial charge in [-0.1, -0.05) is 35.3 Å². The molecule has 442 valence electrons. The summed E-state index contributed by atoms with van der Waals surface area (Å²) >= 11 is 12.3. The fourth-order valence-electron chi connectivity index (χ4n) is 7.97. The molecular formula is C45H31Cl2F18N11O6. The van der Waals surface area contributed by atoms with Gasteiger partial charge in [0.2, 0.25) is 0 Å². The summed E-state index contributed by atoms with van der Waals surface area (Å²) in [5, 5.41) is 31.7. The molecule has 82 heavy (non-hydrogen) atoms. The van der Waals surface area contributed by atoms with E-state index in [2.05, 4.69) is 29.9 Å². The zero-order chi connectivity index (χ0) is 61.1. The molecule has 2 aromatic carbocycles. The van der Waals surface area contributed by atoms with Crippen LogP contribution in [0.2, 0.25) is 10.0 Å². The highest BCUT2D eigenvalue weighted by Crippen LogP contribution is 2.57. The van der Waals surface area contributed by atoms with Crippen LogP contribution < -0.4 is 9.47 Å². The fourth-order valence-corrected chi connectivity index (χ4v) is 8.37. The highest BCUT2D eigenvalue weighted by Gasteiger charge is 2.77. The Bertz CT molecular complexity index is 3420. The average molecular weight is 1230 g/mol. The predicted molar refractivity (Wildman–Crippen MR) is 241 cm³/mol. The molecule has 2 saturated carbocycles. The SMILES string of the molecule is Cn1nc(C(F)(C(F)(F)F)C(F)(F)F)c(OC(F)F)c1-n1cc(-c2ccc(Cl)c(C(=O)N(C(=O)O)C3CC3)c2)cn1.Cn1nc(C(F)(C(F)(F)F)C(F)(F)F)c(OC(F)F)c1-n1cc(-c2ccc(Cl)c(C(=O)N(CC#N)C3CC3)c2)cn1. The number of halogens is 20. The third-order valence-corrected chi connectivity index (χ3v) is 12.7. The van der Waals surface area contributed by atoms with E-state index in [0.717, 1.165) is 44.9 Å². The van der Waals surface area contributed by atoms with Gasteiger partial charge in [-0.15, -0.1) is 0 Å². The van der Waals surface area contributed by atoms with Crippen molar-refractivity contribution in [1.29, 1.82) is 5.26 Å². The van der Waals surface area contributed by atoms with Crippen LogP contribution in [0.5, 0.6) is 11.5 Å². The minimum absolute atomic E-state index is 0.00733. The summed E-state index contributed by atoms with van der Waals surface area (Å²) in [5.74, 6) is -7.27. The molecule has 4 aromatic heterocycles.